The lowest BCUT2D eigenvalue weighted by atomic mass is 9.94. The molecule has 0 fully saturated rings. The van der Waals surface area contributed by atoms with Gasteiger partial charge < -0.3 is 5.32 Å². The van der Waals surface area contributed by atoms with Crippen LogP contribution in [0.5, 0.6) is 0 Å². The van der Waals surface area contributed by atoms with Gasteiger partial charge in [-0.1, -0.05) is 12.2 Å². The van der Waals surface area contributed by atoms with E-state index in [1.165, 1.54) is 18.6 Å². The van der Waals surface area contributed by atoms with E-state index in [0.717, 1.165) is 25.1 Å². The molecule has 1 N–H and O–H groups in total. The van der Waals surface area contributed by atoms with Gasteiger partial charge >= 0.3 is 0 Å². The molecule has 3 heteroatoms. The fraction of sp³-hybridized carbons (Fsp3) is 0.357. The minimum atomic E-state index is -0.457. The normalized spacial score (nSPS) is 18.7. The average molecular weight is 230 g/mol. The third kappa shape index (κ3) is 3.07. The highest BCUT2D eigenvalue weighted by Crippen LogP contribution is 2.20. The molecule has 1 atom stereocenters. The van der Waals surface area contributed by atoms with Crippen molar-refractivity contribution in [1.82, 2.24) is 0 Å². The maximum absolute atomic E-state index is 13.3. The standard InChI is InChI=1S/C14H15FN2/c15-14-8-13(7-6-12(14)9-16)17-10-11-4-2-1-3-5-11/h1-2,6-8,11,17H,3-5,10H2. The first-order valence-corrected chi connectivity index (χ1v) is 5.88. The second kappa shape index (κ2) is 5.49. The fourth-order valence-corrected chi connectivity index (χ4v) is 2.02. The van der Waals surface area contributed by atoms with Crippen molar-refractivity contribution in [3.05, 3.63) is 41.7 Å². The van der Waals surface area contributed by atoms with Crippen LogP contribution < -0.4 is 5.32 Å². The number of allylic oxidation sites excluding steroid dienone is 2. The van der Waals surface area contributed by atoms with E-state index >= 15 is 0 Å². The molecule has 1 aromatic carbocycles. The van der Waals surface area contributed by atoms with Crippen LogP contribution in [0.1, 0.15) is 24.8 Å². The van der Waals surface area contributed by atoms with Crippen molar-refractivity contribution < 1.29 is 4.39 Å². The fourth-order valence-electron chi connectivity index (χ4n) is 2.02. The molecule has 0 radical (unpaired) electrons. The van der Waals surface area contributed by atoms with Gasteiger partial charge in [0, 0.05) is 12.2 Å². The van der Waals surface area contributed by atoms with Crippen molar-refractivity contribution in [2.45, 2.75) is 19.3 Å². The molecule has 0 saturated carbocycles. The molecule has 88 valence electrons. The van der Waals surface area contributed by atoms with Gasteiger partial charge in [0.15, 0.2) is 0 Å². The number of nitrogens with one attached hydrogen (secondary N) is 1. The predicted molar refractivity (Wildman–Crippen MR) is 66.1 cm³/mol. The van der Waals surface area contributed by atoms with Crippen LogP contribution in [0.3, 0.4) is 0 Å². The molecule has 0 bridgehead atoms. The zero-order valence-electron chi connectivity index (χ0n) is 9.62. The third-order valence-corrected chi connectivity index (χ3v) is 3.06. The molecule has 17 heavy (non-hydrogen) atoms. The van der Waals surface area contributed by atoms with Gasteiger partial charge in [0.1, 0.15) is 11.9 Å². The van der Waals surface area contributed by atoms with E-state index in [0.29, 0.717) is 5.92 Å². The highest BCUT2D eigenvalue weighted by atomic mass is 19.1. The molecular formula is C14H15FN2. The summed E-state index contributed by atoms with van der Waals surface area (Å²) in [6.07, 6.45) is 7.81. The second-order valence-electron chi connectivity index (χ2n) is 4.34. The molecule has 1 aliphatic carbocycles. The minimum Gasteiger partial charge on any atom is -0.385 e. The SMILES string of the molecule is N#Cc1ccc(NCC2CC=CCC2)cc1F. The van der Waals surface area contributed by atoms with Gasteiger partial charge in [-0.05, 0) is 43.4 Å². The molecule has 1 unspecified atom stereocenters. The second-order valence-corrected chi connectivity index (χ2v) is 4.34. The van der Waals surface area contributed by atoms with E-state index < -0.39 is 5.82 Å². The van der Waals surface area contributed by atoms with Crippen molar-refractivity contribution in [3.8, 4) is 6.07 Å². The minimum absolute atomic E-state index is 0.0937. The Morgan fingerprint density at radius 3 is 2.94 bits per heavy atom. The van der Waals surface area contributed by atoms with Crippen LogP contribution in [0, 0.1) is 23.1 Å². The van der Waals surface area contributed by atoms with Crippen LogP contribution >= 0.6 is 0 Å². The summed E-state index contributed by atoms with van der Waals surface area (Å²) >= 11 is 0. The lowest BCUT2D eigenvalue weighted by Crippen LogP contribution is -2.15. The Labute approximate surface area is 101 Å². The van der Waals surface area contributed by atoms with E-state index in [9.17, 15) is 4.39 Å². The van der Waals surface area contributed by atoms with E-state index in [1.54, 1.807) is 6.07 Å². The molecule has 0 saturated heterocycles. The molecule has 0 amide bonds. The molecule has 1 aliphatic rings. The van der Waals surface area contributed by atoms with E-state index in [-0.39, 0.29) is 5.56 Å². The maximum Gasteiger partial charge on any atom is 0.143 e. The topological polar surface area (TPSA) is 35.8 Å². The summed E-state index contributed by atoms with van der Waals surface area (Å²) in [6, 6.07) is 6.46. The Morgan fingerprint density at radius 2 is 2.29 bits per heavy atom. The van der Waals surface area contributed by atoms with Crippen molar-refractivity contribution in [3.63, 3.8) is 0 Å². The first-order valence-electron chi connectivity index (χ1n) is 5.88. The summed E-state index contributed by atoms with van der Waals surface area (Å²) < 4.78 is 13.3. The Morgan fingerprint density at radius 1 is 1.41 bits per heavy atom. The number of halogens is 1. The van der Waals surface area contributed by atoms with Crippen LogP contribution in [0.2, 0.25) is 0 Å². The van der Waals surface area contributed by atoms with Crippen LogP contribution in [0.25, 0.3) is 0 Å². The van der Waals surface area contributed by atoms with Crippen LogP contribution in [0.15, 0.2) is 30.4 Å². The zero-order valence-corrected chi connectivity index (χ0v) is 9.62. The van der Waals surface area contributed by atoms with Crippen LogP contribution in [0.4, 0.5) is 10.1 Å². The number of hydrogen-bond acceptors (Lipinski definition) is 2. The van der Waals surface area contributed by atoms with Crippen molar-refractivity contribution >= 4 is 5.69 Å². The molecule has 0 aliphatic heterocycles. The molecule has 0 heterocycles. The Bertz CT molecular complexity index is 460. The Balaban J connectivity index is 1.93. The van der Waals surface area contributed by atoms with E-state index in [2.05, 4.69) is 17.5 Å². The lowest BCUT2D eigenvalue weighted by Gasteiger charge is -2.18. The quantitative estimate of drug-likeness (QED) is 0.807. The number of hydrogen-bond donors (Lipinski definition) is 1. The summed E-state index contributed by atoms with van der Waals surface area (Å²) in [5.74, 6) is 0.166. The molecular weight excluding hydrogens is 215 g/mol. The number of nitriles is 1. The molecule has 0 aromatic heterocycles. The first kappa shape index (κ1) is 11.7. The summed E-state index contributed by atoms with van der Waals surface area (Å²) in [6.45, 7) is 0.857. The number of nitrogens with zero attached hydrogens (tertiary/aromatic N) is 1. The van der Waals surface area contributed by atoms with Gasteiger partial charge in [-0.3, -0.25) is 0 Å². The monoisotopic (exact) mass is 230 g/mol. The average Bonchev–Trinajstić information content (AvgIpc) is 2.38. The summed E-state index contributed by atoms with van der Waals surface area (Å²) in [5, 5.41) is 11.8. The van der Waals surface area contributed by atoms with Gasteiger partial charge in [-0.25, -0.2) is 4.39 Å². The highest BCUT2D eigenvalue weighted by Gasteiger charge is 2.09. The smallest absolute Gasteiger partial charge is 0.143 e. The van der Waals surface area contributed by atoms with Gasteiger partial charge in [0.2, 0.25) is 0 Å². The number of benzene rings is 1. The van der Waals surface area contributed by atoms with Crippen molar-refractivity contribution in [2.75, 3.05) is 11.9 Å². The molecule has 0 spiro atoms. The van der Waals surface area contributed by atoms with Crippen LogP contribution in [-0.4, -0.2) is 6.54 Å². The molecule has 2 nitrogen and oxygen atoms in total. The van der Waals surface area contributed by atoms with Crippen molar-refractivity contribution in [1.29, 1.82) is 5.26 Å². The number of anilines is 1. The summed E-state index contributed by atoms with van der Waals surface area (Å²) in [7, 11) is 0. The van der Waals surface area contributed by atoms with Gasteiger partial charge in [0.05, 0.1) is 5.56 Å². The highest BCUT2D eigenvalue weighted by molar-refractivity contribution is 5.48. The van der Waals surface area contributed by atoms with E-state index in [4.69, 9.17) is 5.26 Å². The summed E-state index contributed by atoms with van der Waals surface area (Å²) in [4.78, 5) is 0. The third-order valence-electron chi connectivity index (χ3n) is 3.06. The molecule has 1 aromatic rings. The number of rotatable bonds is 3. The van der Waals surface area contributed by atoms with Gasteiger partial charge in [-0.2, -0.15) is 5.26 Å². The van der Waals surface area contributed by atoms with Gasteiger partial charge in [-0.15, -0.1) is 0 Å². The molecule has 2 rings (SSSR count). The van der Waals surface area contributed by atoms with Gasteiger partial charge in [0.25, 0.3) is 0 Å². The predicted octanol–water partition coefficient (Wildman–Crippen LogP) is 3.47. The van der Waals surface area contributed by atoms with Crippen molar-refractivity contribution in [2.24, 2.45) is 5.92 Å². The lowest BCUT2D eigenvalue weighted by molar-refractivity contribution is 0.504. The Hall–Kier alpha value is -1.82. The van der Waals surface area contributed by atoms with Crippen LogP contribution in [-0.2, 0) is 0 Å². The Kier molecular flexibility index (Phi) is 3.77. The maximum atomic E-state index is 13.3. The largest absolute Gasteiger partial charge is 0.385 e. The first-order chi connectivity index (χ1) is 8.29. The summed E-state index contributed by atoms with van der Waals surface area (Å²) in [5.41, 5.74) is 0.840. The zero-order chi connectivity index (χ0) is 12.1. The van der Waals surface area contributed by atoms with E-state index in [1.807, 2.05) is 6.07 Å².